The Morgan fingerprint density at radius 2 is 1.50 bits per heavy atom. The van der Waals surface area contributed by atoms with Gasteiger partial charge < -0.3 is 10.2 Å². The van der Waals surface area contributed by atoms with Gasteiger partial charge in [0, 0.05) is 19.2 Å². The van der Waals surface area contributed by atoms with Crippen LogP contribution < -0.4 is 5.32 Å². The van der Waals surface area contributed by atoms with Gasteiger partial charge in [-0.3, -0.25) is 9.59 Å². The number of amides is 2. The quantitative estimate of drug-likeness (QED) is 0.419. The Morgan fingerprint density at radius 1 is 0.867 bits per heavy atom. The van der Waals surface area contributed by atoms with Crippen molar-refractivity contribution in [3.8, 4) is 0 Å². The summed E-state index contributed by atoms with van der Waals surface area (Å²) >= 11 is 4.49. The fraction of sp³-hybridized carbons (Fsp3) is 0.417. The summed E-state index contributed by atoms with van der Waals surface area (Å²) in [5, 5.41) is 3.29. The van der Waals surface area contributed by atoms with Crippen molar-refractivity contribution in [2.24, 2.45) is 0 Å². The Labute approximate surface area is 205 Å². The number of carbonyl (C=O) groups excluding carboxylic acids is 2. The molecule has 0 radical (unpaired) electrons. The predicted molar refractivity (Wildman–Crippen MR) is 135 cm³/mol. The predicted octanol–water partition coefficient (Wildman–Crippen LogP) is 5.69. The Hall–Kier alpha value is -1.16. The first kappa shape index (κ1) is 22.0. The van der Waals surface area contributed by atoms with Gasteiger partial charge in [0.25, 0.3) is 5.91 Å². The van der Waals surface area contributed by atoms with Gasteiger partial charge in [-0.2, -0.15) is 0 Å². The number of rotatable bonds is 6. The lowest BCUT2D eigenvalue weighted by atomic mass is 9.94. The molecule has 2 aliphatic carbocycles. The monoisotopic (exact) mass is 628 g/mol. The number of nitrogens with zero attached hydrogens (tertiary/aromatic N) is 1. The molecular formula is C24H26I2N2O2. The van der Waals surface area contributed by atoms with Crippen molar-refractivity contribution >= 4 is 57.0 Å². The van der Waals surface area contributed by atoms with Crippen molar-refractivity contribution in [1.29, 1.82) is 0 Å². The van der Waals surface area contributed by atoms with Crippen molar-refractivity contribution in [1.82, 2.24) is 10.2 Å². The minimum absolute atomic E-state index is 0.0443. The molecule has 2 aliphatic rings. The molecule has 158 valence electrons. The van der Waals surface area contributed by atoms with Gasteiger partial charge >= 0.3 is 0 Å². The summed E-state index contributed by atoms with van der Waals surface area (Å²) in [7, 11) is 0. The van der Waals surface area contributed by atoms with Gasteiger partial charge in [-0.1, -0.05) is 49.6 Å². The zero-order valence-electron chi connectivity index (χ0n) is 16.8. The molecule has 4 rings (SSSR count). The van der Waals surface area contributed by atoms with Crippen LogP contribution in [0.25, 0.3) is 0 Å². The molecule has 0 saturated heterocycles. The van der Waals surface area contributed by atoms with Crippen molar-refractivity contribution in [3.63, 3.8) is 0 Å². The van der Waals surface area contributed by atoms with E-state index in [1.54, 1.807) is 0 Å². The average molecular weight is 628 g/mol. The van der Waals surface area contributed by atoms with Crippen LogP contribution in [0, 0.1) is 7.14 Å². The number of benzene rings is 2. The highest BCUT2D eigenvalue weighted by Gasteiger charge is 2.43. The van der Waals surface area contributed by atoms with Gasteiger partial charge in [-0.25, -0.2) is 0 Å². The van der Waals surface area contributed by atoms with Crippen LogP contribution in [0.5, 0.6) is 0 Å². The molecule has 2 aromatic rings. The van der Waals surface area contributed by atoms with Gasteiger partial charge in [-0.15, -0.1) is 0 Å². The normalized spacial score (nSPS) is 17.9. The molecule has 1 unspecified atom stereocenters. The van der Waals surface area contributed by atoms with E-state index < -0.39 is 6.04 Å². The van der Waals surface area contributed by atoms with E-state index in [1.807, 2.05) is 53.4 Å². The lowest BCUT2D eigenvalue weighted by Gasteiger charge is -2.34. The maximum absolute atomic E-state index is 13.7. The summed E-state index contributed by atoms with van der Waals surface area (Å²) in [5.41, 5.74) is 1.59. The fourth-order valence-corrected chi connectivity index (χ4v) is 5.56. The lowest BCUT2D eigenvalue weighted by Crippen LogP contribution is -2.48. The van der Waals surface area contributed by atoms with Crippen LogP contribution in [0.4, 0.5) is 0 Å². The van der Waals surface area contributed by atoms with E-state index in [2.05, 4.69) is 50.5 Å². The molecular weight excluding hydrogens is 602 g/mol. The summed E-state index contributed by atoms with van der Waals surface area (Å²) in [4.78, 5) is 29.2. The Morgan fingerprint density at radius 3 is 2.13 bits per heavy atom. The molecule has 1 N–H and O–H groups in total. The summed E-state index contributed by atoms with van der Waals surface area (Å²) in [6.07, 6.45) is 7.51. The largest absolute Gasteiger partial charge is 0.351 e. The standard InChI is InChI=1S/C24H26I2N2O2/c25-20-12-6-4-10-18(20)22(23(29)27-16-8-2-1-3-9-16)28(17-14-15-17)24(30)19-11-5-7-13-21(19)26/h4-7,10-13,16-17,22H,1-3,8-9,14-15H2,(H,27,29). The second kappa shape index (κ2) is 9.97. The molecule has 0 spiro atoms. The third-order valence-electron chi connectivity index (χ3n) is 5.96. The molecule has 1 atom stereocenters. The highest BCUT2D eigenvalue weighted by Crippen LogP contribution is 2.38. The van der Waals surface area contributed by atoms with Gasteiger partial charge in [0.1, 0.15) is 6.04 Å². The third kappa shape index (κ3) is 5.00. The van der Waals surface area contributed by atoms with E-state index in [4.69, 9.17) is 0 Å². The Kier molecular flexibility index (Phi) is 7.33. The van der Waals surface area contributed by atoms with Crippen molar-refractivity contribution in [3.05, 3.63) is 66.8 Å². The van der Waals surface area contributed by atoms with Crippen LogP contribution in [0.2, 0.25) is 0 Å². The van der Waals surface area contributed by atoms with E-state index in [0.717, 1.165) is 51.2 Å². The molecule has 2 amide bonds. The molecule has 6 heteroatoms. The smallest absolute Gasteiger partial charge is 0.256 e. The summed E-state index contributed by atoms with van der Waals surface area (Å²) in [6.45, 7) is 0. The number of carbonyl (C=O) groups is 2. The molecule has 0 aromatic heterocycles. The highest BCUT2D eigenvalue weighted by molar-refractivity contribution is 14.1. The third-order valence-corrected chi connectivity index (χ3v) is 7.88. The number of hydrogen-bond acceptors (Lipinski definition) is 2. The summed E-state index contributed by atoms with van der Waals surface area (Å²) in [5.74, 6) is -0.0943. The molecule has 30 heavy (non-hydrogen) atoms. The van der Waals surface area contributed by atoms with Crippen molar-refractivity contribution in [2.45, 2.75) is 63.1 Å². The maximum Gasteiger partial charge on any atom is 0.256 e. The van der Waals surface area contributed by atoms with E-state index in [9.17, 15) is 9.59 Å². The highest BCUT2D eigenvalue weighted by atomic mass is 127. The molecule has 4 nitrogen and oxygen atoms in total. The molecule has 2 fully saturated rings. The van der Waals surface area contributed by atoms with Gasteiger partial charge in [-0.05, 0) is 94.6 Å². The summed E-state index contributed by atoms with van der Waals surface area (Å²) in [6, 6.07) is 15.3. The SMILES string of the molecule is O=C(NC1CCCCC1)C(c1ccccc1I)N(C(=O)c1ccccc1I)C1CC1. The number of halogens is 2. The summed E-state index contributed by atoms with van der Waals surface area (Å²) < 4.78 is 1.93. The first-order valence-electron chi connectivity index (χ1n) is 10.7. The van der Waals surface area contributed by atoms with Crippen LogP contribution in [0.15, 0.2) is 48.5 Å². The minimum atomic E-state index is -0.601. The van der Waals surface area contributed by atoms with Gasteiger partial charge in [0.15, 0.2) is 0 Å². The lowest BCUT2D eigenvalue weighted by molar-refractivity contribution is -0.127. The van der Waals surface area contributed by atoms with E-state index in [1.165, 1.54) is 6.42 Å². The molecule has 0 heterocycles. The fourth-order valence-electron chi connectivity index (χ4n) is 4.26. The second-order valence-corrected chi connectivity index (χ2v) is 10.5. The molecule has 0 aliphatic heterocycles. The molecule has 0 bridgehead atoms. The Balaban J connectivity index is 1.71. The van der Waals surface area contributed by atoms with Crippen molar-refractivity contribution < 1.29 is 9.59 Å². The average Bonchev–Trinajstić information content (AvgIpc) is 3.58. The molecule has 2 saturated carbocycles. The first-order chi connectivity index (χ1) is 14.6. The van der Waals surface area contributed by atoms with E-state index >= 15 is 0 Å². The molecule has 2 aromatic carbocycles. The number of hydrogen-bond donors (Lipinski definition) is 1. The zero-order valence-corrected chi connectivity index (χ0v) is 21.1. The zero-order chi connectivity index (χ0) is 21.1. The van der Waals surface area contributed by atoms with E-state index in [0.29, 0.717) is 5.56 Å². The minimum Gasteiger partial charge on any atom is -0.351 e. The Bertz CT molecular complexity index is 923. The van der Waals surface area contributed by atoms with Crippen LogP contribution in [0.1, 0.15) is 66.9 Å². The maximum atomic E-state index is 13.7. The van der Waals surface area contributed by atoms with Crippen LogP contribution in [-0.4, -0.2) is 28.8 Å². The van der Waals surface area contributed by atoms with Crippen molar-refractivity contribution in [2.75, 3.05) is 0 Å². The van der Waals surface area contributed by atoms with Crippen LogP contribution >= 0.6 is 45.2 Å². The first-order valence-corrected chi connectivity index (χ1v) is 12.8. The second-order valence-electron chi connectivity index (χ2n) is 8.19. The van der Waals surface area contributed by atoms with Crippen LogP contribution in [0.3, 0.4) is 0 Å². The van der Waals surface area contributed by atoms with Crippen LogP contribution in [-0.2, 0) is 4.79 Å². The van der Waals surface area contributed by atoms with Gasteiger partial charge in [0.05, 0.1) is 5.56 Å². The topological polar surface area (TPSA) is 49.4 Å². The number of nitrogens with one attached hydrogen (secondary N) is 1. The van der Waals surface area contributed by atoms with Gasteiger partial charge in [0.2, 0.25) is 5.91 Å². The van der Waals surface area contributed by atoms with E-state index in [-0.39, 0.29) is 23.9 Å².